The summed E-state index contributed by atoms with van der Waals surface area (Å²) >= 11 is 6.35. The SMILES string of the molecule is CCC(C)C(CC)(C(=O)O)C1CN(C2=Nc3ccccc3Oc3ccc(Cl)cc32)CCN1. The number of nitrogens with one attached hydrogen (secondary N) is 1. The van der Waals surface area contributed by atoms with Crippen molar-refractivity contribution in [3.8, 4) is 11.5 Å². The van der Waals surface area contributed by atoms with Crippen LogP contribution in [0.1, 0.15) is 39.2 Å². The second-order valence-electron chi connectivity index (χ2n) is 8.61. The monoisotopic (exact) mass is 455 g/mol. The first kappa shape index (κ1) is 22.6. The molecule has 0 bridgehead atoms. The van der Waals surface area contributed by atoms with Crippen LogP contribution in [0, 0.1) is 11.3 Å². The lowest BCUT2D eigenvalue weighted by molar-refractivity contribution is -0.156. The third-order valence-electron chi connectivity index (χ3n) is 7.07. The Morgan fingerprint density at radius 2 is 2.09 bits per heavy atom. The van der Waals surface area contributed by atoms with Crippen LogP contribution >= 0.6 is 11.6 Å². The molecular weight excluding hydrogens is 426 g/mol. The minimum Gasteiger partial charge on any atom is -0.481 e. The van der Waals surface area contributed by atoms with E-state index in [1.165, 1.54) is 0 Å². The van der Waals surface area contributed by atoms with Gasteiger partial charge in [0.1, 0.15) is 17.3 Å². The van der Waals surface area contributed by atoms with Crippen LogP contribution in [0.25, 0.3) is 0 Å². The Morgan fingerprint density at radius 1 is 1.31 bits per heavy atom. The summed E-state index contributed by atoms with van der Waals surface area (Å²) in [6.45, 7) is 8.00. The molecule has 1 fully saturated rings. The Labute approximate surface area is 194 Å². The first-order valence-electron chi connectivity index (χ1n) is 11.3. The van der Waals surface area contributed by atoms with E-state index in [9.17, 15) is 9.90 Å². The van der Waals surface area contributed by atoms with Crippen LogP contribution in [0.3, 0.4) is 0 Å². The van der Waals surface area contributed by atoms with Crippen LogP contribution in [0.5, 0.6) is 11.5 Å². The standard InChI is InChI=1S/C25H30ClN3O3/c1-4-16(3)25(5-2,24(30)31)22-15-29(13-12-27-22)23-18-14-17(26)10-11-20(18)32-21-9-7-6-8-19(21)28-23/h6-11,14,16,22,27H,4-5,12-13,15H2,1-3H3,(H,30,31). The van der Waals surface area contributed by atoms with Crippen LogP contribution in [0.4, 0.5) is 5.69 Å². The molecule has 0 aromatic heterocycles. The molecule has 2 aromatic carbocycles. The Hall–Kier alpha value is -2.57. The van der Waals surface area contributed by atoms with Crippen molar-refractivity contribution in [2.45, 2.75) is 39.7 Å². The maximum atomic E-state index is 12.6. The molecule has 7 heteroatoms. The van der Waals surface area contributed by atoms with Gasteiger partial charge in [0.25, 0.3) is 0 Å². The smallest absolute Gasteiger partial charge is 0.311 e. The number of hydrogen-bond acceptors (Lipinski definition) is 5. The van der Waals surface area contributed by atoms with Crippen molar-refractivity contribution in [2.75, 3.05) is 19.6 Å². The van der Waals surface area contributed by atoms with Gasteiger partial charge >= 0.3 is 5.97 Å². The van der Waals surface area contributed by atoms with E-state index < -0.39 is 11.4 Å². The summed E-state index contributed by atoms with van der Waals surface area (Å²) in [7, 11) is 0. The van der Waals surface area contributed by atoms with Crippen LogP contribution in [0.2, 0.25) is 5.02 Å². The average molecular weight is 456 g/mol. The van der Waals surface area contributed by atoms with Crippen molar-refractivity contribution in [2.24, 2.45) is 16.3 Å². The van der Waals surface area contributed by atoms with E-state index >= 15 is 0 Å². The van der Waals surface area contributed by atoms with Gasteiger partial charge in [0.15, 0.2) is 5.75 Å². The number of carbonyl (C=O) groups is 1. The fraction of sp³-hybridized carbons (Fsp3) is 0.440. The zero-order chi connectivity index (χ0) is 22.9. The van der Waals surface area contributed by atoms with Gasteiger partial charge in [-0.2, -0.15) is 0 Å². The van der Waals surface area contributed by atoms with E-state index in [1.807, 2.05) is 56.3 Å². The molecule has 1 saturated heterocycles. The molecule has 170 valence electrons. The summed E-state index contributed by atoms with van der Waals surface area (Å²) in [5, 5.41) is 14.4. The van der Waals surface area contributed by atoms with Crippen molar-refractivity contribution < 1.29 is 14.6 Å². The number of carboxylic acid groups (broad SMARTS) is 1. The first-order valence-corrected chi connectivity index (χ1v) is 11.7. The molecule has 32 heavy (non-hydrogen) atoms. The van der Waals surface area contributed by atoms with Gasteiger partial charge in [0.05, 0.1) is 11.0 Å². The molecule has 6 nitrogen and oxygen atoms in total. The molecule has 2 aliphatic heterocycles. The van der Waals surface area contributed by atoms with E-state index in [4.69, 9.17) is 21.3 Å². The number of amidine groups is 1. The van der Waals surface area contributed by atoms with Crippen molar-refractivity contribution >= 4 is 29.1 Å². The van der Waals surface area contributed by atoms with E-state index in [2.05, 4.69) is 17.1 Å². The summed E-state index contributed by atoms with van der Waals surface area (Å²) in [5.41, 5.74) is 0.701. The van der Waals surface area contributed by atoms with Crippen molar-refractivity contribution in [1.82, 2.24) is 10.2 Å². The number of nitrogens with zero attached hydrogens (tertiary/aromatic N) is 2. The molecule has 0 aliphatic carbocycles. The lowest BCUT2D eigenvalue weighted by Crippen LogP contribution is -2.63. The van der Waals surface area contributed by atoms with Gasteiger partial charge in [0.2, 0.25) is 0 Å². The highest BCUT2D eigenvalue weighted by Gasteiger charge is 2.49. The van der Waals surface area contributed by atoms with Crippen LogP contribution < -0.4 is 10.1 Å². The second kappa shape index (κ2) is 9.12. The van der Waals surface area contributed by atoms with Gasteiger partial charge in [-0.15, -0.1) is 0 Å². The van der Waals surface area contributed by atoms with Gasteiger partial charge in [-0.3, -0.25) is 4.79 Å². The molecule has 4 rings (SSSR count). The molecule has 2 aliphatic rings. The summed E-state index contributed by atoms with van der Waals surface area (Å²) in [5.74, 6) is 1.43. The minimum atomic E-state index is -0.857. The van der Waals surface area contributed by atoms with E-state index in [-0.39, 0.29) is 12.0 Å². The third kappa shape index (κ3) is 3.86. The molecule has 0 radical (unpaired) electrons. The predicted molar refractivity (Wildman–Crippen MR) is 127 cm³/mol. The number of para-hydroxylation sites is 2. The molecule has 2 aromatic rings. The average Bonchev–Trinajstić information content (AvgIpc) is 2.96. The van der Waals surface area contributed by atoms with Gasteiger partial charge < -0.3 is 20.1 Å². The normalized spacial score (nSPS) is 20.7. The third-order valence-corrected chi connectivity index (χ3v) is 7.30. The van der Waals surface area contributed by atoms with Crippen LogP contribution in [-0.2, 0) is 4.79 Å². The van der Waals surface area contributed by atoms with Crippen molar-refractivity contribution in [3.63, 3.8) is 0 Å². The topological polar surface area (TPSA) is 74.2 Å². The number of rotatable bonds is 5. The molecular formula is C25H30ClN3O3. The maximum Gasteiger partial charge on any atom is 0.311 e. The highest BCUT2D eigenvalue weighted by molar-refractivity contribution is 6.31. The summed E-state index contributed by atoms with van der Waals surface area (Å²) in [4.78, 5) is 19.7. The number of hydrogen-bond donors (Lipinski definition) is 2. The minimum absolute atomic E-state index is 0.0318. The van der Waals surface area contributed by atoms with Gasteiger partial charge in [-0.05, 0) is 42.7 Å². The molecule has 0 spiro atoms. The van der Waals surface area contributed by atoms with Gasteiger partial charge in [-0.25, -0.2) is 4.99 Å². The number of halogens is 1. The summed E-state index contributed by atoms with van der Waals surface area (Å²) in [6.07, 6.45) is 1.36. The summed E-state index contributed by atoms with van der Waals surface area (Å²) in [6, 6.07) is 13.0. The fourth-order valence-corrected chi connectivity index (χ4v) is 5.21. The maximum absolute atomic E-state index is 12.6. The Kier molecular flexibility index (Phi) is 6.45. The highest BCUT2D eigenvalue weighted by Crippen LogP contribution is 2.41. The van der Waals surface area contributed by atoms with Crippen molar-refractivity contribution in [1.29, 1.82) is 0 Å². The molecule has 2 heterocycles. The Morgan fingerprint density at radius 3 is 2.81 bits per heavy atom. The molecule has 0 amide bonds. The molecule has 3 unspecified atom stereocenters. The van der Waals surface area contributed by atoms with Crippen molar-refractivity contribution in [3.05, 3.63) is 53.1 Å². The van der Waals surface area contributed by atoms with Gasteiger partial charge in [0, 0.05) is 30.7 Å². The number of benzene rings is 2. The number of fused-ring (bicyclic) bond motifs is 2. The van der Waals surface area contributed by atoms with Crippen LogP contribution in [0.15, 0.2) is 47.5 Å². The van der Waals surface area contributed by atoms with Crippen LogP contribution in [-0.4, -0.2) is 47.5 Å². The Balaban J connectivity index is 1.78. The quantitative estimate of drug-likeness (QED) is 0.637. The Bertz CT molecular complexity index is 1040. The lowest BCUT2D eigenvalue weighted by atomic mass is 9.67. The van der Waals surface area contributed by atoms with E-state index in [1.54, 1.807) is 0 Å². The molecule has 3 atom stereocenters. The van der Waals surface area contributed by atoms with E-state index in [0.29, 0.717) is 42.6 Å². The number of aliphatic imine (C=N–C) groups is 1. The highest BCUT2D eigenvalue weighted by atomic mass is 35.5. The zero-order valence-electron chi connectivity index (χ0n) is 18.8. The molecule has 2 N–H and O–H groups in total. The number of carboxylic acids is 1. The zero-order valence-corrected chi connectivity index (χ0v) is 19.5. The fourth-order valence-electron chi connectivity index (χ4n) is 5.04. The lowest BCUT2D eigenvalue weighted by Gasteiger charge is -2.46. The second-order valence-corrected chi connectivity index (χ2v) is 9.04. The molecule has 0 saturated carbocycles. The number of piperazine rings is 1. The van der Waals surface area contributed by atoms with Gasteiger partial charge in [-0.1, -0.05) is 50.9 Å². The first-order chi connectivity index (χ1) is 15.4. The predicted octanol–water partition coefficient (Wildman–Crippen LogP) is 5.32. The largest absolute Gasteiger partial charge is 0.481 e. The number of ether oxygens (including phenoxy) is 1. The summed E-state index contributed by atoms with van der Waals surface area (Å²) < 4.78 is 6.18. The number of aliphatic carboxylic acids is 1. The van der Waals surface area contributed by atoms with E-state index in [0.717, 1.165) is 23.5 Å².